The van der Waals surface area contributed by atoms with Gasteiger partial charge in [0.1, 0.15) is 5.69 Å². The summed E-state index contributed by atoms with van der Waals surface area (Å²) in [4.78, 5) is 41.0. The maximum atomic E-state index is 13.0. The van der Waals surface area contributed by atoms with Crippen molar-refractivity contribution in [2.75, 3.05) is 26.3 Å². The summed E-state index contributed by atoms with van der Waals surface area (Å²) >= 11 is 0. The molecule has 1 saturated carbocycles. The lowest BCUT2D eigenvalue weighted by atomic mass is 10.2. The van der Waals surface area contributed by atoms with Crippen molar-refractivity contribution in [3.8, 4) is 0 Å². The SMILES string of the molecule is CCCCn1nc(C(=O)N2CCCN(C(=O)[C@@H]3C[C@@H]3CF)CC2C)ccc1=O. The average molecular weight is 392 g/mol. The molecule has 1 aromatic heterocycles. The molecule has 0 aromatic carbocycles. The van der Waals surface area contributed by atoms with E-state index in [2.05, 4.69) is 5.10 Å². The first-order valence-corrected chi connectivity index (χ1v) is 10.2. The van der Waals surface area contributed by atoms with E-state index in [0.29, 0.717) is 39.0 Å². The fourth-order valence-electron chi connectivity index (χ4n) is 3.80. The van der Waals surface area contributed by atoms with Gasteiger partial charge in [-0.1, -0.05) is 13.3 Å². The first-order chi connectivity index (χ1) is 13.5. The van der Waals surface area contributed by atoms with Crippen molar-refractivity contribution >= 4 is 11.8 Å². The van der Waals surface area contributed by atoms with Crippen LogP contribution in [0.3, 0.4) is 0 Å². The Hall–Kier alpha value is -2.25. The lowest BCUT2D eigenvalue weighted by molar-refractivity contribution is -0.133. The number of amides is 2. The second-order valence-corrected chi connectivity index (χ2v) is 7.88. The van der Waals surface area contributed by atoms with E-state index in [-0.39, 0.29) is 40.9 Å². The molecule has 2 amide bonds. The van der Waals surface area contributed by atoms with Crippen molar-refractivity contribution in [2.45, 2.75) is 52.1 Å². The van der Waals surface area contributed by atoms with Crippen LogP contribution < -0.4 is 5.56 Å². The van der Waals surface area contributed by atoms with E-state index in [1.54, 1.807) is 9.80 Å². The summed E-state index contributed by atoms with van der Waals surface area (Å²) < 4.78 is 14.1. The molecular formula is C20H29FN4O3. The third kappa shape index (κ3) is 4.42. The first kappa shape index (κ1) is 20.5. The number of nitrogens with zero attached hydrogens (tertiary/aromatic N) is 4. The van der Waals surface area contributed by atoms with Crippen LogP contribution in [0.25, 0.3) is 0 Å². The van der Waals surface area contributed by atoms with Crippen LogP contribution >= 0.6 is 0 Å². The molecule has 154 valence electrons. The van der Waals surface area contributed by atoms with E-state index in [1.807, 2.05) is 13.8 Å². The maximum Gasteiger partial charge on any atom is 0.274 e. The Morgan fingerprint density at radius 2 is 2.07 bits per heavy atom. The van der Waals surface area contributed by atoms with Crippen LogP contribution in [-0.4, -0.2) is 63.7 Å². The van der Waals surface area contributed by atoms with Crippen LogP contribution in [0.2, 0.25) is 0 Å². The molecule has 7 nitrogen and oxygen atoms in total. The number of aromatic nitrogens is 2. The van der Waals surface area contributed by atoms with Gasteiger partial charge in [-0.15, -0.1) is 0 Å². The van der Waals surface area contributed by atoms with Crippen LogP contribution in [0, 0.1) is 11.8 Å². The summed E-state index contributed by atoms with van der Waals surface area (Å²) in [5.41, 5.74) is 0.0413. The largest absolute Gasteiger partial charge is 0.340 e. The van der Waals surface area contributed by atoms with E-state index in [1.165, 1.54) is 16.8 Å². The quantitative estimate of drug-likeness (QED) is 0.739. The Balaban J connectivity index is 1.69. The smallest absolute Gasteiger partial charge is 0.274 e. The molecule has 0 radical (unpaired) electrons. The summed E-state index contributed by atoms with van der Waals surface area (Å²) in [6.07, 6.45) is 3.06. The molecule has 1 unspecified atom stereocenters. The number of alkyl halides is 1. The Labute approximate surface area is 164 Å². The van der Waals surface area contributed by atoms with Crippen molar-refractivity contribution in [1.82, 2.24) is 19.6 Å². The van der Waals surface area contributed by atoms with Gasteiger partial charge >= 0.3 is 0 Å². The molecule has 2 fully saturated rings. The predicted molar refractivity (Wildman–Crippen MR) is 103 cm³/mol. The third-order valence-electron chi connectivity index (χ3n) is 5.66. The highest BCUT2D eigenvalue weighted by molar-refractivity contribution is 5.92. The van der Waals surface area contributed by atoms with E-state index in [0.717, 1.165) is 12.8 Å². The van der Waals surface area contributed by atoms with Crippen LogP contribution in [0.4, 0.5) is 4.39 Å². The van der Waals surface area contributed by atoms with E-state index in [9.17, 15) is 18.8 Å². The average Bonchev–Trinajstić information content (AvgIpc) is 3.50. The number of hydrogen-bond donors (Lipinski definition) is 0. The lowest BCUT2D eigenvalue weighted by Gasteiger charge is -2.29. The van der Waals surface area contributed by atoms with Gasteiger partial charge in [-0.05, 0) is 38.2 Å². The number of aryl methyl sites for hydroxylation is 1. The highest BCUT2D eigenvalue weighted by atomic mass is 19.1. The van der Waals surface area contributed by atoms with Crippen LogP contribution in [0.1, 0.15) is 50.0 Å². The first-order valence-electron chi connectivity index (χ1n) is 10.2. The van der Waals surface area contributed by atoms with Gasteiger partial charge in [0.15, 0.2) is 0 Å². The number of carbonyl (C=O) groups is 2. The van der Waals surface area contributed by atoms with Crippen molar-refractivity contribution in [2.24, 2.45) is 11.8 Å². The summed E-state index contributed by atoms with van der Waals surface area (Å²) in [6.45, 7) is 5.53. The van der Waals surface area contributed by atoms with Gasteiger partial charge < -0.3 is 9.80 Å². The maximum absolute atomic E-state index is 13.0. The highest BCUT2D eigenvalue weighted by Gasteiger charge is 2.45. The van der Waals surface area contributed by atoms with E-state index >= 15 is 0 Å². The van der Waals surface area contributed by atoms with Gasteiger partial charge in [-0.25, -0.2) is 4.68 Å². The second kappa shape index (κ2) is 8.84. The molecule has 1 aromatic rings. The predicted octanol–water partition coefficient (Wildman–Crippen LogP) is 1.71. The molecule has 2 aliphatic rings. The zero-order valence-corrected chi connectivity index (χ0v) is 16.6. The lowest BCUT2D eigenvalue weighted by Crippen LogP contribution is -2.45. The molecule has 3 rings (SSSR count). The number of halogens is 1. The number of unbranched alkanes of at least 4 members (excludes halogenated alkanes) is 1. The molecule has 8 heteroatoms. The summed E-state index contributed by atoms with van der Waals surface area (Å²) in [7, 11) is 0. The van der Waals surface area contributed by atoms with Crippen molar-refractivity contribution in [1.29, 1.82) is 0 Å². The normalized spacial score (nSPS) is 24.8. The van der Waals surface area contributed by atoms with Crippen LogP contribution in [-0.2, 0) is 11.3 Å². The molecule has 1 aliphatic heterocycles. The second-order valence-electron chi connectivity index (χ2n) is 7.88. The zero-order chi connectivity index (χ0) is 20.3. The van der Waals surface area contributed by atoms with Gasteiger partial charge in [0.2, 0.25) is 5.91 Å². The molecule has 3 atom stereocenters. The minimum absolute atomic E-state index is 0.00930. The van der Waals surface area contributed by atoms with Gasteiger partial charge in [0.05, 0.1) is 6.67 Å². The Bertz CT molecular complexity index is 781. The van der Waals surface area contributed by atoms with Crippen molar-refractivity contribution in [3.05, 3.63) is 28.2 Å². The van der Waals surface area contributed by atoms with Crippen LogP contribution in [0.15, 0.2) is 16.9 Å². The van der Waals surface area contributed by atoms with Gasteiger partial charge in [-0.3, -0.25) is 18.8 Å². The Morgan fingerprint density at radius 3 is 2.75 bits per heavy atom. The van der Waals surface area contributed by atoms with Crippen molar-refractivity contribution in [3.63, 3.8) is 0 Å². The number of rotatable bonds is 6. The zero-order valence-electron chi connectivity index (χ0n) is 16.6. The number of carbonyl (C=O) groups excluding carboxylic acids is 2. The topological polar surface area (TPSA) is 75.5 Å². The van der Waals surface area contributed by atoms with E-state index < -0.39 is 6.67 Å². The molecule has 0 spiro atoms. The fourth-order valence-corrected chi connectivity index (χ4v) is 3.80. The standard InChI is InChI=1S/C20H29FN4O3/c1-3-4-10-25-18(26)7-6-17(22-25)20(28)24-9-5-8-23(13-14(24)2)19(27)16-11-15(16)12-21/h6-7,14-16H,3-5,8-13H2,1-2H3/t14?,15-,16-/m1/s1. The summed E-state index contributed by atoms with van der Waals surface area (Å²) in [6, 6.07) is 2.70. The molecule has 2 heterocycles. The monoisotopic (exact) mass is 392 g/mol. The summed E-state index contributed by atoms with van der Waals surface area (Å²) in [5.74, 6) is -0.532. The fraction of sp³-hybridized carbons (Fsp3) is 0.700. The Kier molecular flexibility index (Phi) is 6.46. The Morgan fingerprint density at radius 1 is 1.29 bits per heavy atom. The van der Waals surface area contributed by atoms with Gasteiger partial charge in [0.25, 0.3) is 11.5 Å². The minimum atomic E-state index is -0.441. The molecule has 0 N–H and O–H groups in total. The van der Waals surface area contributed by atoms with Crippen LogP contribution in [0.5, 0.6) is 0 Å². The van der Waals surface area contributed by atoms with Gasteiger partial charge in [-0.2, -0.15) is 5.10 Å². The number of hydrogen-bond acceptors (Lipinski definition) is 4. The molecule has 1 aliphatic carbocycles. The van der Waals surface area contributed by atoms with Crippen molar-refractivity contribution < 1.29 is 14.0 Å². The van der Waals surface area contributed by atoms with Gasteiger partial charge in [0, 0.05) is 44.2 Å². The molecular weight excluding hydrogens is 363 g/mol. The van der Waals surface area contributed by atoms with E-state index in [4.69, 9.17) is 0 Å². The molecule has 0 bridgehead atoms. The minimum Gasteiger partial charge on any atom is -0.340 e. The molecule has 28 heavy (non-hydrogen) atoms. The molecule has 1 saturated heterocycles. The third-order valence-corrected chi connectivity index (χ3v) is 5.66. The highest BCUT2D eigenvalue weighted by Crippen LogP contribution is 2.40. The summed E-state index contributed by atoms with van der Waals surface area (Å²) in [5, 5.41) is 4.25.